The van der Waals surface area contributed by atoms with Crippen molar-refractivity contribution in [3.63, 3.8) is 0 Å². The van der Waals surface area contributed by atoms with E-state index in [9.17, 15) is 4.39 Å². The Hall–Kier alpha value is -1.67. The molecule has 1 aliphatic rings. The van der Waals surface area contributed by atoms with E-state index in [0.717, 1.165) is 13.0 Å². The lowest BCUT2D eigenvalue weighted by Gasteiger charge is -2.20. The van der Waals surface area contributed by atoms with Crippen LogP contribution in [0.5, 0.6) is 0 Å². The average molecular weight is 241 g/mol. The molecule has 0 radical (unpaired) electrons. The van der Waals surface area contributed by atoms with E-state index in [-0.39, 0.29) is 5.82 Å². The second-order valence-corrected chi connectivity index (χ2v) is 4.79. The molecular formula is C16H16FN. The van der Waals surface area contributed by atoms with Gasteiger partial charge in [0.05, 0.1) is 0 Å². The second-order valence-electron chi connectivity index (χ2n) is 4.79. The normalized spacial score (nSPS) is 23.2. The Labute approximate surface area is 107 Å². The molecule has 3 rings (SSSR count). The van der Waals surface area contributed by atoms with E-state index >= 15 is 0 Å². The van der Waals surface area contributed by atoms with E-state index in [4.69, 9.17) is 0 Å². The molecule has 1 heterocycles. The molecule has 1 saturated heterocycles. The Morgan fingerprint density at radius 2 is 1.61 bits per heavy atom. The summed E-state index contributed by atoms with van der Waals surface area (Å²) in [7, 11) is 0. The number of benzene rings is 2. The Morgan fingerprint density at radius 1 is 0.889 bits per heavy atom. The highest BCUT2D eigenvalue weighted by atomic mass is 19.1. The van der Waals surface area contributed by atoms with Crippen molar-refractivity contribution >= 4 is 0 Å². The minimum atomic E-state index is -0.166. The summed E-state index contributed by atoms with van der Waals surface area (Å²) in [5, 5.41) is 3.54. The first kappa shape index (κ1) is 11.4. The summed E-state index contributed by atoms with van der Waals surface area (Å²) < 4.78 is 13.0. The Bertz CT molecular complexity index is 506. The maximum Gasteiger partial charge on any atom is 0.123 e. The van der Waals surface area contributed by atoms with Crippen LogP contribution < -0.4 is 5.32 Å². The Morgan fingerprint density at radius 3 is 2.33 bits per heavy atom. The van der Waals surface area contributed by atoms with Crippen LogP contribution in [0.3, 0.4) is 0 Å². The first-order valence-corrected chi connectivity index (χ1v) is 6.38. The number of nitrogens with one attached hydrogen (secondary N) is 1. The predicted octanol–water partition coefficient (Wildman–Crippen LogP) is 3.64. The largest absolute Gasteiger partial charge is 0.309 e. The third-order valence-corrected chi connectivity index (χ3v) is 3.68. The van der Waals surface area contributed by atoms with Crippen LogP contribution in [-0.4, -0.2) is 6.54 Å². The lowest BCUT2D eigenvalue weighted by Crippen LogP contribution is -2.16. The van der Waals surface area contributed by atoms with Gasteiger partial charge < -0.3 is 5.32 Å². The number of hydrogen-bond acceptors (Lipinski definition) is 1. The smallest absolute Gasteiger partial charge is 0.123 e. The Kier molecular flexibility index (Phi) is 3.11. The number of rotatable bonds is 2. The minimum absolute atomic E-state index is 0.166. The molecule has 1 N–H and O–H groups in total. The van der Waals surface area contributed by atoms with Gasteiger partial charge in [0.2, 0.25) is 0 Å². The molecule has 0 bridgehead atoms. The van der Waals surface area contributed by atoms with Crippen LogP contribution in [0.15, 0.2) is 54.6 Å². The quantitative estimate of drug-likeness (QED) is 0.846. The third kappa shape index (κ3) is 2.16. The van der Waals surface area contributed by atoms with Crippen molar-refractivity contribution in [2.75, 3.05) is 6.54 Å². The van der Waals surface area contributed by atoms with Crippen molar-refractivity contribution < 1.29 is 4.39 Å². The highest BCUT2D eigenvalue weighted by Gasteiger charge is 2.29. The molecule has 2 atom stereocenters. The summed E-state index contributed by atoms with van der Waals surface area (Å²) in [6, 6.07) is 17.7. The maximum atomic E-state index is 13.0. The highest BCUT2D eigenvalue weighted by Crippen LogP contribution is 2.37. The molecule has 18 heavy (non-hydrogen) atoms. The zero-order chi connectivity index (χ0) is 12.4. The van der Waals surface area contributed by atoms with Crippen LogP contribution in [0.25, 0.3) is 0 Å². The van der Waals surface area contributed by atoms with Crippen molar-refractivity contribution in [1.29, 1.82) is 0 Å². The molecule has 0 aromatic heterocycles. The van der Waals surface area contributed by atoms with Gasteiger partial charge in [-0.2, -0.15) is 0 Å². The molecule has 2 unspecified atom stereocenters. The first-order valence-electron chi connectivity index (χ1n) is 6.38. The lowest BCUT2D eigenvalue weighted by molar-refractivity contribution is 0.574. The minimum Gasteiger partial charge on any atom is -0.309 e. The van der Waals surface area contributed by atoms with Gasteiger partial charge in [0.1, 0.15) is 5.82 Å². The van der Waals surface area contributed by atoms with Gasteiger partial charge in [0.15, 0.2) is 0 Å². The van der Waals surface area contributed by atoms with Crippen LogP contribution in [0.4, 0.5) is 4.39 Å². The molecule has 0 spiro atoms. The summed E-state index contributed by atoms with van der Waals surface area (Å²) in [6.45, 7) is 1.02. The SMILES string of the molecule is Fc1ccc(C2CCNC2c2ccccc2)cc1. The van der Waals surface area contributed by atoms with Gasteiger partial charge in [-0.25, -0.2) is 4.39 Å². The summed E-state index contributed by atoms with van der Waals surface area (Å²) in [4.78, 5) is 0. The zero-order valence-electron chi connectivity index (χ0n) is 10.1. The van der Waals surface area contributed by atoms with Crippen LogP contribution in [0, 0.1) is 5.82 Å². The van der Waals surface area contributed by atoms with Gasteiger partial charge in [-0.3, -0.25) is 0 Å². The summed E-state index contributed by atoms with van der Waals surface area (Å²) in [5.41, 5.74) is 2.53. The lowest BCUT2D eigenvalue weighted by atomic mass is 9.88. The second kappa shape index (κ2) is 4.91. The van der Waals surface area contributed by atoms with E-state index in [1.54, 1.807) is 12.1 Å². The highest BCUT2D eigenvalue weighted by molar-refractivity contribution is 5.29. The van der Waals surface area contributed by atoms with Crippen molar-refractivity contribution in [2.45, 2.75) is 18.4 Å². The molecule has 1 fully saturated rings. The van der Waals surface area contributed by atoms with Crippen molar-refractivity contribution in [1.82, 2.24) is 5.32 Å². The topological polar surface area (TPSA) is 12.0 Å². The van der Waals surface area contributed by atoms with Gasteiger partial charge in [-0.1, -0.05) is 42.5 Å². The number of hydrogen-bond donors (Lipinski definition) is 1. The molecular weight excluding hydrogens is 225 g/mol. The first-order chi connectivity index (χ1) is 8.84. The van der Waals surface area contributed by atoms with E-state index in [2.05, 4.69) is 29.6 Å². The average Bonchev–Trinajstić information content (AvgIpc) is 2.90. The molecule has 2 heteroatoms. The molecule has 0 saturated carbocycles. The third-order valence-electron chi connectivity index (χ3n) is 3.68. The summed E-state index contributed by atoms with van der Waals surface area (Å²) >= 11 is 0. The van der Waals surface area contributed by atoms with Crippen LogP contribution in [-0.2, 0) is 0 Å². The Balaban J connectivity index is 1.90. The van der Waals surface area contributed by atoms with Gasteiger partial charge in [-0.15, -0.1) is 0 Å². The monoisotopic (exact) mass is 241 g/mol. The van der Waals surface area contributed by atoms with Gasteiger partial charge in [0.25, 0.3) is 0 Å². The molecule has 0 aliphatic carbocycles. The summed E-state index contributed by atoms with van der Waals surface area (Å²) in [6.07, 6.45) is 1.10. The van der Waals surface area contributed by atoms with Crippen LogP contribution >= 0.6 is 0 Å². The molecule has 2 aromatic carbocycles. The predicted molar refractivity (Wildman–Crippen MR) is 70.9 cm³/mol. The standard InChI is InChI=1S/C16H16FN/c17-14-8-6-12(7-9-14)15-10-11-18-16(15)13-4-2-1-3-5-13/h1-9,15-16,18H,10-11H2. The fraction of sp³-hybridized carbons (Fsp3) is 0.250. The summed E-state index contributed by atoms with van der Waals surface area (Å²) in [5.74, 6) is 0.272. The number of halogens is 1. The van der Waals surface area contributed by atoms with Crippen molar-refractivity contribution in [3.8, 4) is 0 Å². The zero-order valence-corrected chi connectivity index (χ0v) is 10.1. The molecule has 1 nitrogen and oxygen atoms in total. The van der Waals surface area contributed by atoms with Gasteiger partial charge >= 0.3 is 0 Å². The van der Waals surface area contributed by atoms with E-state index in [1.165, 1.54) is 11.1 Å². The molecule has 0 amide bonds. The molecule has 1 aliphatic heterocycles. The van der Waals surface area contributed by atoms with E-state index < -0.39 is 0 Å². The molecule has 2 aromatic rings. The van der Waals surface area contributed by atoms with Crippen LogP contribution in [0.2, 0.25) is 0 Å². The van der Waals surface area contributed by atoms with Crippen LogP contribution in [0.1, 0.15) is 29.5 Å². The van der Waals surface area contributed by atoms with E-state index in [1.807, 2.05) is 18.2 Å². The maximum absolute atomic E-state index is 13.0. The molecule has 92 valence electrons. The fourth-order valence-corrected chi connectivity index (χ4v) is 2.78. The van der Waals surface area contributed by atoms with Crippen molar-refractivity contribution in [3.05, 3.63) is 71.5 Å². The van der Waals surface area contributed by atoms with E-state index in [0.29, 0.717) is 12.0 Å². The van der Waals surface area contributed by atoms with Crippen molar-refractivity contribution in [2.24, 2.45) is 0 Å². The van der Waals surface area contributed by atoms with Gasteiger partial charge in [0, 0.05) is 12.0 Å². The van der Waals surface area contributed by atoms with Gasteiger partial charge in [-0.05, 0) is 36.2 Å². The fourth-order valence-electron chi connectivity index (χ4n) is 2.78.